The third-order valence-corrected chi connectivity index (χ3v) is 8.51. The second-order valence-corrected chi connectivity index (χ2v) is 13.4. The quantitative estimate of drug-likeness (QED) is 0.0532. The molecule has 6 nitrogen and oxygen atoms in total. The van der Waals surface area contributed by atoms with Crippen LogP contribution in [0.25, 0.3) is 5.70 Å². The monoisotopic (exact) mass is 672 g/mol. The maximum atomic E-state index is 10.9. The number of aliphatic hydroxyl groups excluding tert-OH is 1. The Bertz CT molecular complexity index is 1410. The molecule has 1 atom stereocenters. The third kappa shape index (κ3) is 16.2. The summed E-state index contributed by atoms with van der Waals surface area (Å²) in [5, 5.41) is 21.3. The van der Waals surface area contributed by atoms with Crippen LogP contribution in [0.5, 0.6) is 11.5 Å². The van der Waals surface area contributed by atoms with E-state index in [2.05, 4.69) is 58.5 Å². The fraction of sp³-hybridized carbons (Fsp3) is 0.535. The van der Waals surface area contributed by atoms with Crippen molar-refractivity contribution in [2.75, 3.05) is 19.8 Å². The molecule has 0 radical (unpaired) electrons. The average Bonchev–Trinajstić information content (AvgIpc) is 3.05. The van der Waals surface area contributed by atoms with E-state index in [0.717, 1.165) is 47.2 Å². The summed E-state index contributed by atoms with van der Waals surface area (Å²) in [6.45, 7) is 19.7. The van der Waals surface area contributed by atoms with Crippen LogP contribution in [0.4, 0.5) is 0 Å². The highest BCUT2D eigenvalue weighted by molar-refractivity contribution is 6.14. The number of aryl methyl sites for hydroxylation is 2. The van der Waals surface area contributed by atoms with E-state index in [1.165, 1.54) is 69.4 Å². The lowest BCUT2D eigenvalue weighted by atomic mass is 10.0. The molecular weight excluding hydrogens is 608 g/mol. The molecule has 0 heterocycles. The highest BCUT2D eigenvalue weighted by Gasteiger charge is 2.14. The molecule has 270 valence electrons. The van der Waals surface area contributed by atoms with Crippen molar-refractivity contribution in [3.8, 4) is 11.5 Å². The van der Waals surface area contributed by atoms with Crippen LogP contribution in [0.2, 0.25) is 0 Å². The molecule has 6 heteroatoms. The van der Waals surface area contributed by atoms with Crippen molar-refractivity contribution >= 4 is 17.2 Å². The molecule has 2 N–H and O–H groups in total. The first-order valence-corrected chi connectivity index (χ1v) is 18.5. The smallest absolute Gasteiger partial charge is 0.159 e. The van der Waals surface area contributed by atoms with Crippen molar-refractivity contribution in [2.45, 2.75) is 132 Å². The van der Waals surface area contributed by atoms with E-state index >= 15 is 0 Å². The Balaban J connectivity index is 1.95. The van der Waals surface area contributed by atoms with Gasteiger partial charge in [-0.1, -0.05) is 126 Å². The minimum absolute atomic E-state index is 0.00855. The van der Waals surface area contributed by atoms with Gasteiger partial charge in [0.1, 0.15) is 24.2 Å². The zero-order valence-electron chi connectivity index (χ0n) is 31.6. The van der Waals surface area contributed by atoms with Crippen molar-refractivity contribution in [1.29, 1.82) is 0 Å². The first-order chi connectivity index (χ1) is 23.6. The molecular formula is C43H64N2O4. The first-order valence-electron chi connectivity index (χ1n) is 18.5. The number of unbranched alkanes of at least 4 members (excludes halogenated alkanes) is 10. The van der Waals surface area contributed by atoms with Crippen molar-refractivity contribution in [3.63, 3.8) is 0 Å². The maximum Gasteiger partial charge on any atom is 0.159 e. The van der Waals surface area contributed by atoms with Gasteiger partial charge < -0.3 is 19.7 Å². The zero-order valence-corrected chi connectivity index (χ0v) is 31.6. The van der Waals surface area contributed by atoms with Gasteiger partial charge in [-0.25, -0.2) is 9.98 Å². The molecule has 0 saturated carbocycles. The van der Waals surface area contributed by atoms with Gasteiger partial charge in [-0.2, -0.15) is 0 Å². The van der Waals surface area contributed by atoms with Gasteiger partial charge in [0.2, 0.25) is 0 Å². The Kier molecular flexibility index (Phi) is 20.3. The molecule has 0 bridgehead atoms. The van der Waals surface area contributed by atoms with Crippen molar-refractivity contribution in [2.24, 2.45) is 9.98 Å². The topological polar surface area (TPSA) is 83.6 Å². The minimum Gasteiger partial charge on any atom is -0.507 e. The van der Waals surface area contributed by atoms with Gasteiger partial charge in [-0.05, 0) is 70.7 Å². The van der Waals surface area contributed by atoms with Crippen molar-refractivity contribution < 1.29 is 19.7 Å². The number of hydrogen-bond acceptors (Lipinski definition) is 5. The predicted octanol–water partition coefficient (Wildman–Crippen LogP) is 11.3. The standard InChI is InChI=1S/C43H64N2O4/c1-9-11-13-14-15-16-17-18-19-20-21-27-48-30-37(46)31-49-38-24-26-41(42(47)29-38)36(8)45-43(39(32(3)4)22-12-10-2)44-35(7)40-25-23-33(5)28-34(40)6/h12,22-26,28-29,37,46-47H,8-11,13-21,27,30-31H2,1-7H3/b22-12-,44-35+,45-43-. The molecule has 0 aliphatic heterocycles. The first kappa shape index (κ1) is 41.7. The summed E-state index contributed by atoms with van der Waals surface area (Å²) in [4.78, 5) is 9.84. The SMILES string of the molecule is C=C(/N=C(\N=C(/C)c1ccc(C)cc1C)C(/C=C\CC)=C(C)C)c1ccc(OCC(O)COCCCCCCCCCCCCC)cc1O. The molecule has 0 spiro atoms. The molecule has 2 aromatic carbocycles. The summed E-state index contributed by atoms with van der Waals surface area (Å²) < 4.78 is 11.5. The number of phenols is 1. The third-order valence-electron chi connectivity index (χ3n) is 8.51. The highest BCUT2D eigenvalue weighted by Crippen LogP contribution is 2.30. The number of rotatable bonds is 23. The van der Waals surface area contributed by atoms with E-state index in [1.807, 2.05) is 26.8 Å². The molecule has 0 aliphatic rings. The van der Waals surface area contributed by atoms with Crippen LogP contribution in [0.15, 0.2) is 76.3 Å². The van der Waals surface area contributed by atoms with Gasteiger partial charge in [-0.15, -0.1) is 0 Å². The second kappa shape index (κ2) is 23.8. The highest BCUT2D eigenvalue weighted by atomic mass is 16.5. The molecule has 0 aromatic heterocycles. The van der Waals surface area contributed by atoms with Gasteiger partial charge in [0.15, 0.2) is 5.84 Å². The normalized spacial score (nSPS) is 12.8. The Morgan fingerprint density at radius 2 is 1.45 bits per heavy atom. The largest absolute Gasteiger partial charge is 0.507 e. The zero-order chi connectivity index (χ0) is 36.0. The number of allylic oxidation sites excluding steroid dienone is 2. The fourth-order valence-electron chi connectivity index (χ4n) is 5.65. The van der Waals surface area contributed by atoms with Crippen molar-refractivity contribution in [1.82, 2.24) is 0 Å². The predicted molar refractivity (Wildman–Crippen MR) is 209 cm³/mol. The lowest BCUT2D eigenvalue weighted by molar-refractivity contribution is 0.0109. The number of hydrogen-bond donors (Lipinski definition) is 2. The number of aliphatic imine (C=N–C) groups is 2. The molecule has 0 fully saturated rings. The van der Waals surface area contributed by atoms with Crippen LogP contribution >= 0.6 is 0 Å². The molecule has 49 heavy (non-hydrogen) atoms. The van der Waals surface area contributed by atoms with Crippen molar-refractivity contribution in [3.05, 3.63) is 88.5 Å². The lowest BCUT2D eigenvalue weighted by Crippen LogP contribution is -2.23. The number of ether oxygens (including phenoxy) is 2. The molecule has 0 saturated heterocycles. The summed E-state index contributed by atoms with van der Waals surface area (Å²) in [5.74, 6) is 0.969. The number of benzene rings is 2. The number of aromatic hydroxyl groups is 1. The molecule has 0 amide bonds. The van der Waals surface area contributed by atoms with Gasteiger partial charge in [-0.3, -0.25) is 0 Å². The van der Waals surface area contributed by atoms with E-state index in [-0.39, 0.29) is 19.0 Å². The number of aliphatic hydroxyl groups is 1. The maximum absolute atomic E-state index is 10.9. The summed E-state index contributed by atoms with van der Waals surface area (Å²) in [6, 6.07) is 11.3. The second-order valence-electron chi connectivity index (χ2n) is 13.4. The Labute approximate surface area is 297 Å². The van der Waals surface area contributed by atoms with E-state index in [0.29, 0.717) is 29.5 Å². The van der Waals surface area contributed by atoms with Crippen LogP contribution in [-0.2, 0) is 4.74 Å². The molecule has 2 rings (SSSR count). The lowest BCUT2D eigenvalue weighted by Gasteiger charge is -2.14. The minimum atomic E-state index is -0.756. The Morgan fingerprint density at radius 1 is 0.816 bits per heavy atom. The average molecular weight is 673 g/mol. The Hall–Kier alpha value is -3.48. The Morgan fingerprint density at radius 3 is 2.04 bits per heavy atom. The van der Waals surface area contributed by atoms with Crippen LogP contribution in [0, 0.1) is 13.8 Å². The van der Waals surface area contributed by atoms with Crippen LogP contribution < -0.4 is 4.74 Å². The number of phenolic OH excluding ortho intramolecular Hbond substituents is 1. The number of amidine groups is 1. The van der Waals surface area contributed by atoms with Gasteiger partial charge in [0.05, 0.1) is 12.3 Å². The fourth-order valence-corrected chi connectivity index (χ4v) is 5.65. The van der Waals surface area contributed by atoms with E-state index in [9.17, 15) is 10.2 Å². The van der Waals surface area contributed by atoms with Gasteiger partial charge in [0.25, 0.3) is 0 Å². The van der Waals surface area contributed by atoms with E-state index in [1.54, 1.807) is 12.1 Å². The van der Waals surface area contributed by atoms with Crippen LogP contribution in [0.1, 0.15) is 134 Å². The van der Waals surface area contributed by atoms with Gasteiger partial charge in [0, 0.05) is 29.5 Å². The van der Waals surface area contributed by atoms with E-state index < -0.39 is 6.10 Å². The van der Waals surface area contributed by atoms with Crippen LogP contribution in [-0.4, -0.2) is 47.7 Å². The molecule has 2 aromatic rings. The van der Waals surface area contributed by atoms with Crippen LogP contribution in [0.3, 0.4) is 0 Å². The molecule has 0 aliphatic carbocycles. The summed E-state index contributed by atoms with van der Waals surface area (Å²) in [6.07, 6.45) is 18.5. The summed E-state index contributed by atoms with van der Waals surface area (Å²) in [5.41, 5.74) is 7.10. The summed E-state index contributed by atoms with van der Waals surface area (Å²) in [7, 11) is 0. The number of nitrogens with zero attached hydrogens (tertiary/aromatic N) is 2. The van der Waals surface area contributed by atoms with Gasteiger partial charge >= 0.3 is 0 Å². The summed E-state index contributed by atoms with van der Waals surface area (Å²) >= 11 is 0. The molecule has 1 unspecified atom stereocenters. The van der Waals surface area contributed by atoms with E-state index in [4.69, 9.17) is 19.5 Å².